The van der Waals surface area contributed by atoms with Gasteiger partial charge < -0.3 is 15.2 Å². The number of hydrogen-bond acceptors (Lipinski definition) is 4. The van der Waals surface area contributed by atoms with Crippen LogP contribution >= 0.6 is 0 Å². The number of aromatic nitrogens is 1. The highest BCUT2D eigenvalue weighted by atomic mass is 19.4. The van der Waals surface area contributed by atoms with Crippen molar-refractivity contribution in [3.63, 3.8) is 0 Å². The van der Waals surface area contributed by atoms with Crippen LogP contribution in [-0.4, -0.2) is 18.1 Å². The third-order valence-corrected chi connectivity index (χ3v) is 2.73. The largest absolute Gasteiger partial charge is 0.418 e. The molecule has 0 saturated carbocycles. The molecule has 1 heterocycles. The van der Waals surface area contributed by atoms with Gasteiger partial charge in [-0.05, 0) is 25.1 Å². The van der Waals surface area contributed by atoms with Crippen LogP contribution in [0.4, 0.5) is 24.7 Å². The molecule has 0 aliphatic rings. The number of anilines is 2. The highest BCUT2D eigenvalue weighted by Crippen LogP contribution is 2.35. The van der Waals surface area contributed by atoms with Crippen molar-refractivity contribution in [1.29, 1.82) is 0 Å². The SMILES string of the molecule is CNc1ccc(C(=O)Nc2cc(C)on2)cc1C(F)(F)F. The molecule has 0 spiro atoms. The molecular formula is C13H12F3N3O2. The Hall–Kier alpha value is -2.51. The molecule has 0 fully saturated rings. The number of benzene rings is 1. The van der Waals surface area contributed by atoms with E-state index < -0.39 is 17.6 Å². The normalized spacial score (nSPS) is 11.3. The van der Waals surface area contributed by atoms with Crippen LogP contribution in [0.1, 0.15) is 21.7 Å². The molecule has 5 nitrogen and oxygen atoms in total. The standard InChI is InChI=1S/C13H12F3N3O2/c1-7-5-11(19-21-7)18-12(20)8-3-4-10(17-2)9(6-8)13(14,15)16/h3-6,17H,1-2H3,(H,18,19,20). The van der Waals surface area contributed by atoms with Crippen LogP contribution in [0.15, 0.2) is 28.8 Å². The lowest BCUT2D eigenvalue weighted by molar-refractivity contribution is -0.136. The summed E-state index contributed by atoms with van der Waals surface area (Å²) in [5, 5.41) is 8.35. The molecule has 1 amide bonds. The van der Waals surface area contributed by atoms with Crippen molar-refractivity contribution < 1.29 is 22.5 Å². The van der Waals surface area contributed by atoms with E-state index in [-0.39, 0.29) is 17.1 Å². The van der Waals surface area contributed by atoms with E-state index in [9.17, 15) is 18.0 Å². The third-order valence-electron chi connectivity index (χ3n) is 2.73. The van der Waals surface area contributed by atoms with Gasteiger partial charge in [0.2, 0.25) is 0 Å². The molecule has 0 atom stereocenters. The van der Waals surface area contributed by atoms with Crippen molar-refractivity contribution in [3.8, 4) is 0 Å². The Morgan fingerprint density at radius 1 is 1.29 bits per heavy atom. The van der Waals surface area contributed by atoms with Gasteiger partial charge in [-0.15, -0.1) is 0 Å². The minimum Gasteiger partial charge on any atom is -0.388 e. The van der Waals surface area contributed by atoms with Crippen molar-refractivity contribution >= 4 is 17.4 Å². The second kappa shape index (κ2) is 5.47. The van der Waals surface area contributed by atoms with Gasteiger partial charge >= 0.3 is 6.18 Å². The summed E-state index contributed by atoms with van der Waals surface area (Å²) in [6.07, 6.45) is -4.56. The van der Waals surface area contributed by atoms with Crippen molar-refractivity contribution in [2.75, 3.05) is 17.7 Å². The Labute approximate surface area is 118 Å². The van der Waals surface area contributed by atoms with E-state index in [0.717, 1.165) is 6.07 Å². The number of carbonyl (C=O) groups excluding carboxylic acids is 1. The Kier molecular flexibility index (Phi) is 3.88. The minimum absolute atomic E-state index is 0.101. The van der Waals surface area contributed by atoms with Gasteiger partial charge in [-0.1, -0.05) is 5.16 Å². The molecule has 0 aliphatic heterocycles. The monoisotopic (exact) mass is 299 g/mol. The summed E-state index contributed by atoms with van der Waals surface area (Å²) in [6, 6.07) is 4.74. The van der Waals surface area contributed by atoms with Crippen LogP contribution in [0.3, 0.4) is 0 Å². The Balaban J connectivity index is 2.29. The van der Waals surface area contributed by atoms with Crippen LogP contribution in [0.5, 0.6) is 0 Å². The van der Waals surface area contributed by atoms with E-state index in [1.54, 1.807) is 6.92 Å². The average molecular weight is 299 g/mol. The van der Waals surface area contributed by atoms with Gasteiger partial charge in [-0.3, -0.25) is 4.79 Å². The predicted molar refractivity (Wildman–Crippen MR) is 70.2 cm³/mol. The van der Waals surface area contributed by atoms with Crippen LogP contribution in [0.2, 0.25) is 0 Å². The lowest BCUT2D eigenvalue weighted by atomic mass is 10.1. The summed E-state index contributed by atoms with van der Waals surface area (Å²) >= 11 is 0. The zero-order valence-electron chi connectivity index (χ0n) is 11.2. The lowest BCUT2D eigenvalue weighted by Crippen LogP contribution is -2.15. The smallest absolute Gasteiger partial charge is 0.388 e. The summed E-state index contributed by atoms with van der Waals surface area (Å²) < 4.78 is 43.5. The number of amides is 1. The summed E-state index contributed by atoms with van der Waals surface area (Å²) in [5.74, 6) is -0.0768. The zero-order chi connectivity index (χ0) is 15.6. The van der Waals surface area contributed by atoms with Gasteiger partial charge in [0.05, 0.1) is 5.56 Å². The fraction of sp³-hybridized carbons (Fsp3) is 0.231. The number of alkyl halides is 3. The van der Waals surface area contributed by atoms with Crippen molar-refractivity contribution in [2.24, 2.45) is 0 Å². The molecule has 2 rings (SSSR count). The number of hydrogen-bond donors (Lipinski definition) is 2. The molecule has 0 unspecified atom stereocenters. The van der Waals surface area contributed by atoms with E-state index in [1.807, 2.05) is 0 Å². The quantitative estimate of drug-likeness (QED) is 0.912. The molecule has 0 radical (unpaired) electrons. The van der Waals surface area contributed by atoms with E-state index in [2.05, 4.69) is 15.8 Å². The molecule has 1 aromatic heterocycles. The molecule has 0 aliphatic carbocycles. The molecule has 0 bridgehead atoms. The molecule has 8 heteroatoms. The number of aryl methyl sites for hydroxylation is 1. The maximum absolute atomic E-state index is 12.9. The fourth-order valence-electron chi connectivity index (χ4n) is 1.75. The number of nitrogens with one attached hydrogen (secondary N) is 2. The van der Waals surface area contributed by atoms with Crippen LogP contribution in [0.25, 0.3) is 0 Å². The van der Waals surface area contributed by atoms with Crippen LogP contribution < -0.4 is 10.6 Å². The lowest BCUT2D eigenvalue weighted by Gasteiger charge is -2.13. The molecule has 1 aromatic carbocycles. The van der Waals surface area contributed by atoms with E-state index in [0.29, 0.717) is 5.76 Å². The van der Waals surface area contributed by atoms with Gasteiger partial charge in [0.1, 0.15) is 5.76 Å². The maximum Gasteiger partial charge on any atom is 0.418 e. The summed E-state index contributed by atoms with van der Waals surface area (Å²) in [4.78, 5) is 11.9. The van der Waals surface area contributed by atoms with Crippen molar-refractivity contribution in [1.82, 2.24) is 5.16 Å². The zero-order valence-corrected chi connectivity index (χ0v) is 11.2. The number of rotatable bonds is 3. The molecule has 0 saturated heterocycles. The van der Waals surface area contributed by atoms with E-state index >= 15 is 0 Å². The summed E-state index contributed by atoms with van der Waals surface area (Å²) in [7, 11) is 1.38. The Morgan fingerprint density at radius 2 is 2.00 bits per heavy atom. The van der Waals surface area contributed by atoms with Gasteiger partial charge in [0, 0.05) is 24.4 Å². The highest BCUT2D eigenvalue weighted by molar-refractivity contribution is 6.04. The molecular weight excluding hydrogens is 287 g/mol. The first-order valence-corrected chi connectivity index (χ1v) is 5.95. The average Bonchev–Trinajstić information content (AvgIpc) is 2.82. The predicted octanol–water partition coefficient (Wildman–Crippen LogP) is 3.30. The maximum atomic E-state index is 12.9. The topological polar surface area (TPSA) is 67.2 Å². The first-order chi connectivity index (χ1) is 9.81. The molecule has 2 aromatic rings. The number of nitrogens with zero attached hydrogens (tertiary/aromatic N) is 1. The minimum atomic E-state index is -4.56. The second-order valence-electron chi connectivity index (χ2n) is 4.29. The highest BCUT2D eigenvalue weighted by Gasteiger charge is 2.34. The van der Waals surface area contributed by atoms with Crippen molar-refractivity contribution in [2.45, 2.75) is 13.1 Å². The van der Waals surface area contributed by atoms with Crippen LogP contribution in [0, 0.1) is 6.92 Å². The molecule has 2 N–H and O–H groups in total. The number of halogens is 3. The summed E-state index contributed by atoms with van der Waals surface area (Å²) in [5.41, 5.74) is -1.13. The number of carbonyl (C=O) groups is 1. The fourth-order valence-corrected chi connectivity index (χ4v) is 1.75. The molecule has 21 heavy (non-hydrogen) atoms. The Morgan fingerprint density at radius 3 is 2.52 bits per heavy atom. The first-order valence-electron chi connectivity index (χ1n) is 5.95. The third kappa shape index (κ3) is 3.33. The van der Waals surface area contributed by atoms with Gasteiger partial charge in [0.15, 0.2) is 5.82 Å². The van der Waals surface area contributed by atoms with Gasteiger partial charge in [0.25, 0.3) is 5.91 Å². The van der Waals surface area contributed by atoms with Gasteiger partial charge in [-0.25, -0.2) is 0 Å². The molecule has 112 valence electrons. The summed E-state index contributed by atoms with van der Waals surface area (Å²) in [6.45, 7) is 1.63. The second-order valence-corrected chi connectivity index (χ2v) is 4.29. The van der Waals surface area contributed by atoms with Crippen LogP contribution in [-0.2, 0) is 6.18 Å². The van der Waals surface area contributed by atoms with Crippen molar-refractivity contribution in [3.05, 3.63) is 41.2 Å². The first kappa shape index (κ1) is 14.9. The van der Waals surface area contributed by atoms with E-state index in [4.69, 9.17) is 4.52 Å². The van der Waals surface area contributed by atoms with Gasteiger partial charge in [-0.2, -0.15) is 13.2 Å². The van der Waals surface area contributed by atoms with E-state index in [1.165, 1.54) is 25.2 Å². The Bertz CT molecular complexity index is 665.